The van der Waals surface area contributed by atoms with Crippen LogP contribution in [0.5, 0.6) is 0 Å². The van der Waals surface area contributed by atoms with Crippen LogP contribution in [0.3, 0.4) is 0 Å². The number of methoxy groups -OCH3 is 1. The van der Waals surface area contributed by atoms with E-state index in [0.29, 0.717) is 0 Å². The molecule has 8 heteroatoms. The Bertz CT molecular complexity index is 594. The van der Waals surface area contributed by atoms with Crippen LogP contribution in [-0.4, -0.2) is 22.4 Å². The Hall–Kier alpha value is -1.67. The molecule has 0 amide bonds. The minimum atomic E-state index is -4.52. The summed E-state index contributed by atoms with van der Waals surface area (Å²) >= 11 is -1.62. The van der Waals surface area contributed by atoms with Gasteiger partial charge in [0.05, 0.1) is 35.8 Å². The molecule has 23 heavy (non-hydrogen) atoms. The monoisotopic (exact) mass is 349 g/mol. The molecule has 1 N–H and O–H groups in total. The van der Waals surface area contributed by atoms with Gasteiger partial charge in [-0.1, -0.05) is 12.1 Å². The molecule has 0 aliphatic carbocycles. The molecule has 0 aromatic heterocycles. The van der Waals surface area contributed by atoms with Gasteiger partial charge in [-0.25, -0.2) is 9.52 Å². The van der Waals surface area contributed by atoms with Crippen molar-refractivity contribution in [1.29, 1.82) is 0 Å². The Kier molecular flexibility index (Phi) is 6.12. The van der Waals surface area contributed by atoms with E-state index in [1.54, 1.807) is 20.8 Å². The zero-order valence-corrected chi connectivity index (χ0v) is 14.0. The van der Waals surface area contributed by atoms with Crippen molar-refractivity contribution < 1.29 is 27.3 Å². The van der Waals surface area contributed by atoms with Crippen LogP contribution < -0.4 is 4.72 Å². The maximum atomic E-state index is 12.8. The van der Waals surface area contributed by atoms with Crippen molar-refractivity contribution in [1.82, 2.24) is 4.72 Å². The van der Waals surface area contributed by atoms with Crippen LogP contribution in [0.15, 0.2) is 30.3 Å². The van der Waals surface area contributed by atoms with Gasteiger partial charge in [-0.05, 0) is 32.9 Å². The zero-order chi connectivity index (χ0) is 17.8. The van der Waals surface area contributed by atoms with Crippen molar-refractivity contribution in [2.75, 3.05) is 7.11 Å². The minimum Gasteiger partial charge on any atom is -0.593 e. The largest absolute Gasteiger partial charge is 0.593 e. The molecule has 1 aromatic carbocycles. The highest BCUT2D eigenvalue weighted by Crippen LogP contribution is 2.31. The molecule has 0 aliphatic heterocycles. The third-order valence-corrected chi connectivity index (χ3v) is 4.24. The molecule has 0 bridgehead atoms. The quantitative estimate of drug-likeness (QED) is 0.515. The average Bonchev–Trinajstić information content (AvgIpc) is 2.44. The van der Waals surface area contributed by atoms with Crippen molar-refractivity contribution in [2.24, 2.45) is 0 Å². The lowest BCUT2D eigenvalue weighted by Crippen LogP contribution is -2.38. The summed E-state index contributed by atoms with van der Waals surface area (Å²) < 4.78 is 57.0. The van der Waals surface area contributed by atoms with E-state index in [1.165, 1.54) is 12.1 Å². The summed E-state index contributed by atoms with van der Waals surface area (Å²) in [6, 6.07) is 4.39. The van der Waals surface area contributed by atoms with Gasteiger partial charge in [0.15, 0.2) is 0 Å². The molecular formula is C15H18F3NO3S. The standard InChI is InChI=1S/C15H18F3NO3S/c1-14(2,3)23(21)19-12(9-13(20)22-4)10-6-5-7-11(8-10)15(16,17)18/h5-9,19H,1-4H3/b12-9+/t23-/m1/s1. The van der Waals surface area contributed by atoms with Gasteiger partial charge in [0.1, 0.15) is 4.75 Å². The van der Waals surface area contributed by atoms with E-state index >= 15 is 0 Å². The van der Waals surface area contributed by atoms with Crippen molar-refractivity contribution in [3.63, 3.8) is 0 Å². The molecule has 0 saturated carbocycles. The van der Waals surface area contributed by atoms with Crippen LogP contribution in [0.4, 0.5) is 13.2 Å². The maximum absolute atomic E-state index is 12.8. The first-order valence-electron chi connectivity index (χ1n) is 6.61. The first-order valence-corrected chi connectivity index (χ1v) is 7.76. The van der Waals surface area contributed by atoms with Crippen LogP contribution in [0, 0.1) is 0 Å². The molecular weight excluding hydrogens is 331 g/mol. The lowest BCUT2D eigenvalue weighted by Gasteiger charge is -2.25. The van der Waals surface area contributed by atoms with Gasteiger partial charge in [-0.2, -0.15) is 13.2 Å². The molecule has 0 aliphatic rings. The molecule has 4 nitrogen and oxygen atoms in total. The number of carbonyl (C=O) groups excluding carboxylic acids is 1. The Morgan fingerprint density at radius 3 is 2.39 bits per heavy atom. The lowest BCUT2D eigenvalue weighted by atomic mass is 10.1. The molecule has 1 aromatic rings. The van der Waals surface area contributed by atoms with Crippen molar-refractivity contribution in [2.45, 2.75) is 31.7 Å². The van der Waals surface area contributed by atoms with Crippen LogP contribution in [0.1, 0.15) is 31.9 Å². The highest BCUT2D eigenvalue weighted by atomic mass is 32.2. The SMILES string of the molecule is COC(=O)/C=C(/N[S@+]([O-])C(C)(C)C)c1cccc(C(F)(F)F)c1. The van der Waals surface area contributed by atoms with Gasteiger partial charge in [0.25, 0.3) is 0 Å². The lowest BCUT2D eigenvalue weighted by molar-refractivity contribution is -0.137. The van der Waals surface area contributed by atoms with Crippen LogP contribution >= 0.6 is 0 Å². The van der Waals surface area contributed by atoms with Crippen LogP contribution in [0.2, 0.25) is 0 Å². The topological polar surface area (TPSA) is 61.4 Å². The molecule has 128 valence electrons. The number of nitrogens with one attached hydrogen (secondary N) is 1. The van der Waals surface area contributed by atoms with E-state index in [1.807, 2.05) is 0 Å². The number of carbonyl (C=O) groups is 1. The first-order chi connectivity index (χ1) is 10.4. The number of halogens is 3. The predicted octanol–water partition coefficient (Wildman–Crippen LogP) is 3.27. The average molecular weight is 349 g/mol. The van der Waals surface area contributed by atoms with Gasteiger partial charge < -0.3 is 9.29 Å². The number of rotatable bonds is 4. The fourth-order valence-corrected chi connectivity index (χ4v) is 2.15. The summed E-state index contributed by atoms with van der Waals surface area (Å²) in [5.41, 5.74) is -0.784. The normalized spacial score (nSPS) is 14.3. The summed E-state index contributed by atoms with van der Waals surface area (Å²) in [6.07, 6.45) is -3.55. The van der Waals surface area contributed by atoms with E-state index < -0.39 is 33.8 Å². The number of esters is 1. The van der Waals surface area contributed by atoms with Crippen LogP contribution in [-0.2, 0) is 27.1 Å². The van der Waals surface area contributed by atoms with E-state index in [2.05, 4.69) is 9.46 Å². The first kappa shape index (κ1) is 19.4. The smallest absolute Gasteiger partial charge is 0.416 e. The molecule has 1 atom stereocenters. The highest BCUT2D eigenvalue weighted by Gasteiger charge is 2.32. The molecule has 0 heterocycles. The third kappa shape index (κ3) is 5.80. The Balaban J connectivity index is 3.26. The Morgan fingerprint density at radius 1 is 1.30 bits per heavy atom. The second-order valence-corrected chi connectivity index (χ2v) is 7.61. The number of benzene rings is 1. The van der Waals surface area contributed by atoms with Gasteiger partial charge in [0.2, 0.25) is 0 Å². The molecule has 0 radical (unpaired) electrons. The maximum Gasteiger partial charge on any atom is 0.416 e. The molecule has 0 unspecified atom stereocenters. The van der Waals surface area contributed by atoms with E-state index in [0.717, 1.165) is 25.3 Å². The summed E-state index contributed by atoms with van der Waals surface area (Å²) in [7, 11) is 1.14. The summed E-state index contributed by atoms with van der Waals surface area (Å²) in [6.45, 7) is 5.08. The third-order valence-electron chi connectivity index (χ3n) is 2.72. The number of hydrogen-bond acceptors (Lipinski definition) is 4. The predicted molar refractivity (Wildman–Crippen MR) is 82.5 cm³/mol. The fraction of sp³-hybridized carbons (Fsp3) is 0.400. The zero-order valence-electron chi connectivity index (χ0n) is 13.2. The van der Waals surface area contributed by atoms with Crippen molar-refractivity contribution in [3.05, 3.63) is 41.5 Å². The molecule has 0 spiro atoms. The highest BCUT2D eigenvalue weighted by molar-refractivity contribution is 7.91. The minimum absolute atomic E-state index is 0.00351. The summed E-state index contributed by atoms with van der Waals surface area (Å²) in [4.78, 5) is 11.4. The van der Waals surface area contributed by atoms with Crippen molar-refractivity contribution in [3.8, 4) is 0 Å². The molecule has 1 rings (SSSR count). The second-order valence-electron chi connectivity index (χ2n) is 5.64. The van der Waals surface area contributed by atoms with Gasteiger partial charge in [-0.15, -0.1) is 0 Å². The number of ether oxygens (including phenoxy) is 1. The van der Waals surface area contributed by atoms with Crippen molar-refractivity contribution >= 4 is 23.0 Å². The summed E-state index contributed by atoms with van der Waals surface area (Å²) in [5.74, 6) is -0.768. The number of alkyl halides is 3. The fourth-order valence-electron chi connectivity index (χ4n) is 1.46. The van der Waals surface area contributed by atoms with Gasteiger partial charge in [0, 0.05) is 5.56 Å². The van der Waals surface area contributed by atoms with E-state index in [-0.39, 0.29) is 11.3 Å². The van der Waals surface area contributed by atoms with Gasteiger partial charge in [-0.3, -0.25) is 0 Å². The van der Waals surface area contributed by atoms with E-state index in [9.17, 15) is 22.5 Å². The second kappa shape index (κ2) is 7.27. The Labute approximate surface area is 136 Å². The Morgan fingerprint density at radius 2 is 1.91 bits per heavy atom. The summed E-state index contributed by atoms with van der Waals surface area (Å²) in [5, 5.41) is 0. The van der Waals surface area contributed by atoms with E-state index in [4.69, 9.17) is 0 Å². The molecule has 0 saturated heterocycles. The van der Waals surface area contributed by atoms with Crippen LogP contribution in [0.25, 0.3) is 5.70 Å². The van der Waals surface area contributed by atoms with Gasteiger partial charge >= 0.3 is 12.1 Å². The number of hydrogen-bond donors (Lipinski definition) is 1. The molecule has 0 fully saturated rings.